The molecule has 0 radical (unpaired) electrons. The number of rotatable bonds is 2. The van der Waals surface area contributed by atoms with Gasteiger partial charge >= 0.3 is 0 Å². The van der Waals surface area contributed by atoms with E-state index in [0.29, 0.717) is 41.4 Å². The largest absolute Gasteiger partial charge is 0.489 e. The molecular formula is C20H21FN2O4. The van der Waals surface area contributed by atoms with Crippen molar-refractivity contribution in [1.29, 1.82) is 0 Å². The van der Waals surface area contributed by atoms with E-state index in [9.17, 15) is 14.0 Å². The van der Waals surface area contributed by atoms with Crippen LogP contribution in [0.2, 0.25) is 0 Å². The minimum absolute atomic E-state index is 0.0466. The van der Waals surface area contributed by atoms with Gasteiger partial charge in [-0.3, -0.25) is 9.59 Å². The SMILES string of the molecule is Cc1noc(C)c1C(=O)N1CCC[C@H]([C@H]2CC(=O)c3cc(F)ccc3O2)C1. The average molecular weight is 372 g/mol. The van der Waals surface area contributed by atoms with Gasteiger partial charge < -0.3 is 14.2 Å². The number of aryl methyl sites for hydroxylation is 2. The van der Waals surface area contributed by atoms with E-state index in [2.05, 4.69) is 5.16 Å². The molecule has 2 aromatic rings. The predicted molar refractivity (Wildman–Crippen MR) is 94.4 cm³/mol. The van der Waals surface area contributed by atoms with E-state index in [1.807, 2.05) is 0 Å². The monoisotopic (exact) mass is 372 g/mol. The van der Waals surface area contributed by atoms with Gasteiger partial charge in [0.2, 0.25) is 0 Å². The lowest BCUT2D eigenvalue weighted by atomic mass is 9.86. The van der Waals surface area contributed by atoms with Crippen molar-refractivity contribution in [2.45, 2.75) is 39.2 Å². The number of aromatic nitrogens is 1. The highest BCUT2D eigenvalue weighted by molar-refractivity contribution is 6.00. The molecule has 2 aliphatic heterocycles. The third-order valence-corrected chi connectivity index (χ3v) is 5.43. The maximum atomic E-state index is 13.4. The number of likely N-dealkylation sites (tertiary alicyclic amines) is 1. The van der Waals surface area contributed by atoms with Gasteiger partial charge in [0.25, 0.3) is 5.91 Å². The second-order valence-corrected chi connectivity index (χ2v) is 7.28. The van der Waals surface area contributed by atoms with Crippen LogP contribution in [0.25, 0.3) is 0 Å². The van der Waals surface area contributed by atoms with Crippen molar-refractivity contribution in [2.24, 2.45) is 5.92 Å². The summed E-state index contributed by atoms with van der Waals surface area (Å²) in [7, 11) is 0. The van der Waals surface area contributed by atoms with Gasteiger partial charge in [0, 0.05) is 25.4 Å². The maximum absolute atomic E-state index is 13.4. The van der Waals surface area contributed by atoms with E-state index in [0.717, 1.165) is 12.8 Å². The van der Waals surface area contributed by atoms with Crippen molar-refractivity contribution < 1.29 is 23.2 Å². The molecule has 4 rings (SSSR count). The Hall–Kier alpha value is -2.70. The fraction of sp³-hybridized carbons (Fsp3) is 0.450. The summed E-state index contributed by atoms with van der Waals surface area (Å²) in [5, 5.41) is 3.86. The van der Waals surface area contributed by atoms with Crippen LogP contribution in [-0.4, -0.2) is 40.9 Å². The molecule has 2 aliphatic rings. The standard InChI is InChI=1S/C20H21FN2O4/c1-11-19(12(2)27-22-11)20(25)23-7-3-4-13(10-23)18-9-16(24)15-8-14(21)5-6-17(15)26-18/h5-6,8,13,18H,3-4,7,9-10H2,1-2H3/t13-,18+/m0/s1. The van der Waals surface area contributed by atoms with Gasteiger partial charge in [-0.05, 0) is 44.9 Å². The highest BCUT2D eigenvalue weighted by Crippen LogP contribution is 2.34. The zero-order valence-corrected chi connectivity index (χ0v) is 15.3. The summed E-state index contributed by atoms with van der Waals surface area (Å²) in [4.78, 5) is 27.1. The molecule has 1 aromatic carbocycles. The van der Waals surface area contributed by atoms with Crippen molar-refractivity contribution in [3.05, 3.63) is 46.6 Å². The molecule has 2 atom stereocenters. The second kappa shape index (κ2) is 6.79. The molecule has 0 bridgehead atoms. The molecule has 6 nitrogen and oxygen atoms in total. The van der Waals surface area contributed by atoms with Gasteiger partial charge in [0.15, 0.2) is 5.78 Å². The molecule has 27 heavy (non-hydrogen) atoms. The molecule has 1 fully saturated rings. The lowest BCUT2D eigenvalue weighted by Crippen LogP contribution is -2.46. The normalized spacial score (nSPS) is 22.3. The van der Waals surface area contributed by atoms with Gasteiger partial charge in [0.1, 0.15) is 29.0 Å². The lowest BCUT2D eigenvalue weighted by molar-refractivity contribution is 0.0407. The topological polar surface area (TPSA) is 72.6 Å². The van der Waals surface area contributed by atoms with Gasteiger partial charge in [-0.1, -0.05) is 5.16 Å². The van der Waals surface area contributed by atoms with Gasteiger partial charge in [-0.25, -0.2) is 4.39 Å². The summed E-state index contributed by atoms with van der Waals surface area (Å²) in [6, 6.07) is 4.02. The van der Waals surface area contributed by atoms with Crippen molar-refractivity contribution in [2.75, 3.05) is 13.1 Å². The molecule has 1 saturated heterocycles. The number of ether oxygens (including phenoxy) is 1. The van der Waals surface area contributed by atoms with Crippen LogP contribution >= 0.6 is 0 Å². The molecule has 0 spiro atoms. The third-order valence-electron chi connectivity index (χ3n) is 5.43. The smallest absolute Gasteiger partial charge is 0.259 e. The molecule has 7 heteroatoms. The molecule has 0 saturated carbocycles. The first kappa shape index (κ1) is 17.7. The van der Waals surface area contributed by atoms with Crippen molar-refractivity contribution >= 4 is 11.7 Å². The van der Waals surface area contributed by atoms with Crippen molar-refractivity contribution in [3.8, 4) is 5.75 Å². The number of fused-ring (bicyclic) bond motifs is 1. The number of ketones is 1. The van der Waals surface area contributed by atoms with E-state index in [1.54, 1.807) is 18.7 Å². The van der Waals surface area contributed by atoms with Crippen LogP contribution in [-0.2, 0) is 0 Å². The molecule has 1 aromatic heterocycles. The zero-order valence-electron chi connectivity index (χ0n) is 15.3. The summed E-state index contributed by atoms with van der Waals surface area (Å²) in [5.41, 5.74) is 1.39. The van der Waals surface area contributed by atoms with Crippen LogP contribution in [0.4, 0.5) is 4.39 Å². The number of benzene rings is 1. The number of piperidine rings is 1. The summed E-state index contributed by atoms with van der Waals surface area (Å²) < 4.78 is 24.5. The number of hydrogen-bond donors (Lipinski definition) is 0. The molecule has 0 unspecified atom stereocenters. The molecule has 3 heterocycles. The van der Waals surface area contributed by atoms with Crippen LogP contribution in [0.3, 0.4) is 0 Å². The number of hydrogen-bond acceptors (Lipinski definition) is 5. The average Bonchev–Trinajstić information content (AvgIpc) is 3.00. The van der Waals surface area contributed by atoms with Gasteiger partial charge in [0.05, 0.1) is 11.3 Å². The number of nitrogens with zero attached hydrogens (tertiary/aromatic N) is 2. The van der Waals surface area contributed by atoms with Gasteiger partial charge in [-0.2, -0.15) is 0 Å². The van der Waals surface area contributed by atoms with Gasteiger partial charge in [-0.15, -0.1) is 0 Å². The highest BCUT2D eigenvalue weighted by atomic mass is 19.1. The Bertz CT molecular complexity index is 888. The Balaban J connectivity index is 1.51. The lowest BCUT2D eigenvalue weighted by Gasteiger charge is -2.38. The van der Waals surface area contributed by atoms with Crippen LogP contribution < -0.4 is 4.74 Å². The minimum Gasteiger partial charge on any atom is -0.489 e. The fourth-order valence-electron chi connectivity index (χ4n) is 4.03. The molecule has 1 amide bonds. The Kier molecular flexibility index (Phi) is 4.45. The Morgan fingerprint density at radius 2 is 2.15 bits per heavy atom. The molecular weight excluding hydrogens is 351 g/mol. The number of halogens is 1. The summed E-state index contributed by atoms with van der Waals surface area (Å²) in [6.45, 7) is 4.65. The van der Waals surface area contributed by atoms with E-state index in [1.165, 1.54) is 18.2 Å². The van der Waals surface area contributed by atoms with Crippen LogP contribution in [0.15, 0.2) is 22.7 Å². The molecule has 0 N–H and O–H groups in total. The van der Waals surface area contributed by atoms with Crippen molar-refractivity contribution in [1.82, 2.24) is 10.1 Å². The van der Waals surface area contributed by atoms with Crippen LogP contribution in [0.1, 0.15) is 51.4 Å². The van der Waals surface area contributed by atoms with Crippen LogP contribution in [0, 0.1) is 25.6 Å². The van der Waals surface area contributed by atoms with Crippen molar-refractivity contribution in [3.63, 3.8) is 0 Å². The number of carbonyl (C=O) groups is 2. The summed E-state index contributed by atoms with van der Waals surface area (Å²) in [5.74, 6) is 0.324. The fourth-order valence-corrected chi connectivity index (χ4v) is 4.03. The first-order valence-electron chi connectivity index (χ1n) is 9.15. The Morgan fingerprint density at radius 3 is 2.89 bits per heavy atom. The highest BCUT2D eigenvalue weighted by Gasteiger charge is 2.37. The first-order chi connectivity index (χ1) is 12.9. The van der Waals surface area contributed by atoms with E-state index >= 15 is 0 Å². The summed E-state index contributed by atoms with van der Waals surface area (Å²) >= 11 is 0. The van der Waals surface area contributed by atoms with E-state index in [4.69, 9.17) is 9.26 Å². The number of amides is 1. The Labute approximate surface area is 156 Å². The predicted octanol–water partition coefficient (Wildman–Crippen LogP) is 3.32. The Morgan fingerprint density at radius 1 is 1.33 bits per heavy atom. The van der Waals surface area contributed by atoms with Crippen LogP contribution in [0.5, 0.6) is 5.75 Å². The number of carbonyl (C=O) groups excluding carboxylic acids is 2. The molecule has 0 aliphatic carbocycles. The third kappa shape index (κ3) is 3.22. The molecule has 142 valence electrons. The summed E-state index contributed by atoms with van der Waals surface area (Å²) in [6.07, 6.45) is 1.61. The quantitative estimate of drug-likeness (QED) is 0.809. The first-order valence-corrected chi connectivity index (χ1v) is 9.15. The van der Waals surface area contributed by atoms with E-state index in [-0.39, 0.29) is 30.1 Å². The van der Waals surface area contributed by atoms with E-state index < -0.39 is 5.82 Å². The maximum Gasteiger partial charge on any atom is 0.259 e. The second-order valence-electron chi connectivity index (χ2n) is 7.28. The minimum atomic E-state index is -0.446. The zero-order chi connectivity index (χ0) is 19.1. The number of Topliss-reactive ketones (excluding diaryl/α,β-unsaturated/α-hetero) is 1.